The molecule has 0 N–H and O–H groups in total. The molecule has 3 heteroatoms. The summed E-state index contributed by atoms with van der Waals surface area (Å²) in [5.41, 5.74) is 1.37. The second-order valence-corrected chi connectivity index (χ2v) is 5.13. The SMILES string of the molecule is ClCC1CN(Cc2ccccc2)CC1CCl. The summed E-state index contributed by atoms with van der Waals surface area (Å²) >= 11 is 11.9. The summed E-state index contributed by atoms with van der Waals surface area (Å²) in [4.78, 5) is 2.45. The van der Waals surface area contributed by atoms with Crippen molar-refractivity contribution in [1.29, 1.82) is 0 Å². The fraction of sp³-hybridized carbons (Fsp3) is 0.538. The molecular formula is C13H17Cl2N. The highest BCUT2D eigenvalue weighted by Crippen LogP contribution is 2.26. The largest absolute Gasteiger partial charge is 0.298 e. The van der Waals surface area contributed by atoms with Gasteiger partial charge in [0.05, 0.1) is 0 Å². The average molecular weight is 258 g/mol. The normalized spacial score (nSPS) is 26.1. The standard InChI is InChI=1S/C13H17Cl2N/c14-6-12-9-16(10-13(12)7-15)8-11-4-2-1-3-5-11/h1-5,12-13H,6-10H2. The zero-order valence-electron chi connectivity index (χ0n) is 9.28. The third kappa shape index (κ3) is 2.91. The lowest BCUT2D eigenvalue weighted by Gasteiger charge is -2.15. The van der Waals surface area contributed by atoms with Gasteiger partial charge < -0.3 is 0 Å². The summed E-state index contributed by atoms with van der Waals surface area (Å²) < 4.78 is 0. The fourth-order valence-electron chi connectivity index (χ4n) is 2.36. The van der Waals surface area contributed by atoms with Crippen molar-refractivity contribution in [2.75, 3.05) is 24.8 Å². The molecule has 0 bridgehead atoms. The van der Waals surface area contributed by atoms with E-state index in [1.165, 1.54) is 5.56 Å². The summed E-state index contributed by atoms with van der Waals surface area (Å²) in [7, 11) is 0. The Morgan fingerprint density at radius 2 is 1.56 bits per heavy atom. The van der Waals surface area contributed by atoms with Crippen molar-refractivity contribution >= 4 is 23.2 Å². The van der Waals surface area contributed by atoms with E-state index in [1.54, 1.807) is 0 Å². The van der Waals surface area contributed by atoms with Gasteiger partial charge in [0.2, 0.25) is 0 Å². The quantitative estimate of drug-likeness (QED) is 0.749. The summed E-state index contributed by atoms with van der Waals surface area (Å²) in [6.07, 6.45) is 0. The second-order valence-electron chi connectivity index (χ2n) is 4.51. The highest BCUT2D eigenvalue weighted by molar-refractivity contribution is 6.19. The predicted octanol–water partition coefficient (Wildman–Crippen LogP) is 3.21. The van der Waals surface area contributed by atoms with Crippen LogP contribution >= 0.6 is 23.2 Å². The summed E-state index contributed by atoms with van der Waals surface area (Å²) in [5.74, 6) is 2.57. The van der Waals surface area contributed by atoms with Gasteiger partial charge >= 0.3 is 0 Å². The Kier molecular flexibility index (Phi) is 4.51. The molecule has 0 saturated carbocycles. The van der Waals surface area contributed by atoms with Crippen molar-refractivity contribution in [2.24, 2.45) is 11.8 Å². The molecule has 1 aromatic rings. The number of hydrogen-bond donors (Lipinski definition) is 0. The molecule has 1 saturated heterocycles. The molecule has 1 heterocycles. The van der Waals surface area contributed by atoms with E-state index in [1.807, 2.05) is 0 Å². The average Bonchev–Trinajstić information content (AvgIpc) is 2.72. The van der Waals surface area contributed by atoms with Crippen LogP contribution < -0.4 is 0 Å². The van der Waals surface area contributed by atoms with Crippen molar-refractivity contribution in [1.82, 2.24) is 4.90 Å². The van der Waals surface area contributed by atoms with Crippen molar-refractivity contribution in [3.8, 4) is 0 Å². The second kappa shape index (κ2) is 5.90. The van der Waals surface area contributed by atoms with Gasteiger partial charge in [-0.2, -0.15) is 0 Å². The Labute approximate surface area is 107 Å². The smallest absolute Gasteiger partial charge is 0.0267 e. The maximum Gasteiger partial charge on any atom is 0.0267 e. The minimum absolute atomic E-state index is 0.558. The maximum atomic E-state index is 5.96. The van der Waals surface area contributed by atoms with E-state index in [2.05, 4.69) is 35.2 Å². The van der Waals surface area contributed by atoms with E-state index in [0.717, 1.165) is 31.4 Å². The molecule has 1 nitrogen and oxygen atoms in total. The van der Waals surface area contributed by atoms with E-state index in [-0.39, 0.29) is 0 Å². The van der Waals surface area contributed by atoms with Crippen LogP contribution in [0.25, 0.3) is 0 Å². The first kappa shape index (κ1) is 12.2. The van der Waals surface area contributed by atoms with E-state index >= 15 is 0 Å². The molecule has 0 radical (unpaired) electrons. The molecule has 2 atom stereocenters. The third-order valence-corrected chi connectivity index (χ3v) is 4.09. The molecule has 1 fully saturated rings. The van der Waals surface area contributed by atoms with E-state index in [9.17, 15) is 0 Å². The van der Waals surface area contributed by atoms with Crippen molar-refractivity contribution < 1.29 is 0 Å². The zero-order valence-corrected chi connectivity index (χ0v) is 10.8. The Morgan fingerprint density at radius 3 is 2.06 bits per heavy atom. The molecule has 0 spiro atoms. The number of nitrogens with zero attached hydrogens (tertiary/aromatic N) is 1. The van der Waals surface area contributed by atoms with Gasteiger partial charge in [-0.1, -0.05) is 30.3 Å². The molecule has 1 aliphatic rings. The Morgan fingerprint density at radius 1 is 1.00 bits per heavy atom. The fourth-order valence-corrected chi connectivity index (χ4v) is 3.06. The monoisotopic (exact) mass is 257 g/mol. The maximum absolute atomic E-state index is 5.96. The zero-order chi connectivity index (χ0) is 11.4. The van der Waals surface area contributed by atoms with Gasteiger partial charge in [0.25, 0.3) is 0 Å². The minimum Gasteiger partial charge on any atom is -0.298 e. The van der Waals surface area contributed by atoms with Gasteiger partial charge in [-0.05, 0) is 17.4 Å². The van der Waals surface area contributed by atoms with Gasteiger partial charge in [-0.15, -0.1) is 23.2 Å². The highest BCUT2D eigenvalue weighted by Gasteiger charge is 2.31. The summed E-state index contributed by atoms with van der Waals surface area (Å²) in [5, 5.41) is 0. The molecule has 0 amide bonds. The molecule has 1 aromatic carbocycles. The van der Waals surface area contributed by atoms with Gasteiger partial charge in [0.15, 0.2) is 0 Å². The van der Waals surface area contributed by atoms with Crippen molar-refractivity contribution in [3.05, 3.63) is 35.9 Å². The summed E-state index contributed by atoms with van der Waals surface area (Å²) in [6, 6.07) is 10.6. The first-order chi connectivity index (χ1) is 7.83. The Hall–Kier alpha value is -0.240. The van der Waals surface area contributed by atoms with E-state index < -0.39 is 0 Å². The van der Waals surface area contributed by atoms with Crippen LogP contribution in [-0.2, 0) is 6.54 Å². The van der Waals surface area contributed by atoms with Gasteiger partial charge in [0.1, 0.15) is 0 Å². The Balaban J connectivity index is 1.93. The third-order valence-electron chi connectivity index (χ3n) is 3.30. The number of rotatable bonds is 4. The molecule has 1 aliphatic heterocycles. The number of benzene rings is 1. The van der Waals surface area contributed by atoms with E-state index in [4.69, 9.17) is 23.2 Å². The lowest BCUT2D eigenvalue weighted by atomic mass is 10.0. The van der Waals surface area contributed by atoms with Crippen LogP contribution in [-0.4, -0.2) is 29.7 Å². The molecule has 16 heavy (non-hydrogen) atoms. The Bertz CT molecular complexity index is 303. The molecule has 0 aliphatic carbocycles. The number of alkyl halides is 2. The van der Waals surface area contributed by atoms with Gasteiger partial charge in [0, 0.05) is 31.4 Å². The molecular weight excluding hydrogens is 241 g/mol. The first-order valence-electron chi connectivity index (χ1n) is 5.71. The molecule has 2 unspecified atom stereocenters. The topological polar surface area (TPSA) is 3.24 Å². The first-order valence-corrected chi connectivity index (χ1v) is 6.78. The number of halogens is 2. The van der Waals surface area contributed by atoms with Crippen LogP contribution in [0.5, 0.6) is 0 Å². The van der Waals surface area contributed by atoms with Crippen molar-refractivity contribution in [3.63, 3.8) is 0 Å². The lowest BCUT2D eigenvalue weighted by molar-refractivity contribution is 0.316. The molecule has 0 aromatic heterocycles. The van der Waals surface area contributed by atoms with E-state index in [0.29, 0.717) is 11.8 Å². The molecule has 2 rings (SSSR count). The van der Waals surface area contributed by atoms with Crippen LogP contribution in [0.3, 0.4) is 0 Å². The highest BCUT2D eigenvalue weighted by atomic mass is 35.5. The predicted molar refractivity (Wildman–Crippen MR) is 70.1 cm³/mol. The minimum atomic E-state index is 0.558. The van der Waals surface area contributed by atoms with Crippen LogP contribution in [0.1, 0.15) is 5.56 Å². The van der Waals surface area contributed by atoms with Crippen LogP contribution in [0, 0.1) is 11.8 Å². The number of hydrogen-bond acceptors (Lipinski definition) is 1. The van der Waals surface area contributed by atoms with Gasteiger partial charge in [-0.25, -0.2) is 0 Å². The van der Waals surface area contributed by atoms with Crippen LogP contribution in [0.2, 0.25) is 0 Å². The number of likely N-dealkylation sites (tertiary alicyclic amines) is 1. The van der Waals surface area contributed by atoms with Crippen LogP contribution in [0.4, 0.5) is 0 Å². The summed E-state index contributed by atoms with van der Waals surface area (Å²) in [6.45, 7) is 3.17. The van der Waals surface area contributed by atoms with Crippen LogP contribution in [0.15, 0.2) is 30.3 Å². The van der Waals surface area contributed by atoms with Crippen molar-refractivity contribution in [2.45, 2.75) is 6.54 Å². The molecule has 88 valence electrons. The van der Waals surface area contributed by atoms with Gasteiger partial charge in [-0.3, -0.25) is 4.90 Å². The lowest BCUT2D eigenvalue weighted by Crippen LogP contribution is -2.20.